The maximum absolute atomic E-state index is 12.4. The van der Waals surface area contributed by atoms with E-state index in [0.717, 1.165) is 41.7 Å². The fourth-order valence-electron chi connectivity index (χ4n) is 3.61. The maximum atomic E-state index is 12.4. The van der Waals surface area contributed by atoms with Crippen molar-refractivity contribution >= 4 is 45.5 Å². The van der Waals surface area contributed by atoms with Crippen molar-refractivity contribution in [2.75, 3.05) is 5.32 Å². The summed E-state index contributed by atoms with van der Waals surface area (Å²) < 4.78 is 0. The van der Waals surface area contributed by atoms with Crippen LogP contribution in [0.1, 0.15) is 58.5 Å². The molecule has 0 atom stereocenters. The Labute approximate surface area is 174 Å². The lowest BCUT2D eigenvalue weighted by Crippen LogP contribution is -2.39. The Morgan fingerprint density at radius 1 is 1.18 bits per heavy atom. The van der Waals surface area contributed by atoms with Crippen LogP contribution < -0.4 is 16.4 Å². The van der Waals surface area contributed by atoms with E-state index in [0.29, 0.717) is 17.0 Å². The molecule has 0 bridgehead atoms. The summed E-state index contributed by atoms with van der Waals surface area (Å²) in [6.07, 6.45) is 5.86. The van der Waals surface area contributed by atoms with Gasteiger partial charge in [-0.2, -0.15) is 0 Å². The van der Waals surface area contributed by atoms with Crippen molar-refractivity contribution in [3.05, 3.63) is 51.9 Å². The van der Waals surface area contributed by atoms with Crippen LogP contribution in [0, 0.1) is 12.8 Å². The van der Waals surface area contributed by atoms with Crippen LogP contribution in [-0.2, 0) is 11.2 Å². The van der Waals surface area contributed by atoms with Gasteiger partial charge in [0.2, 0.25) is 5.91 Å². The second-order valence-corrected chi connectivity index (χ2v) is 8.67. The van der Waals surface area contributed by atoms with Crippen molar-refractivity contribution in [3.8, 4) is 0 Å². The van der Waals surface area contributed by atoms with Crippen LogP contribution in [0.3, 0.4) is 0 Å². The van der Waals surface area contributed by atoms with Gasteiger partial charge in [0, 0.05) is 17.2 Å². The van der Waals surface area contributed by atoms with Gasteiger partial charge in [-0.05, 0) is 43.1 Å². The largest absolute Gasteiger partial charge is 0.365 e. The van der Waals surface area contributed by atoms with E-state index in [1.165, 1.54) is 17.8 Å². The van der Waals surface area contributed by atoms with Gasteiger partial charge in [-0.15, -0.1) is 11.3 Å². The van der Waals surface area contributed by atoms with Crippen LogP contribution >= 0.6 is 23.6 Å². The molecule has 148 valence electrons. The van der Waals surface area contributed by atoms with Gasteiger partial charge in [-0.3, -0.25) is 9.59 Å². The molecule has 1 heterocycles. The van der Waals surface area contributed by atoms with E-state index in [1.54, 1.807) is 0 Å². The van der Waals surface area contributed by atoms with Gasteiger partial charge in [0.15, 0.2) is 5.11 Å². The first-order chi connectivity index (χ1) is 13.5. The first-order valence-corrected chi connectivity index (χ1v) is 10.8. The highest BCUT2D eigenvalue weighted by molar-refractivity contribution is 7.80. The molecule has 1 aliphatic carbocycles. The second kappa shape index (κ2) is 9.30. The summed E-state index contributed by atoms with van der Waals surface area (Å²) in [6.45, 7) is 1.89. The van der Waals surface area contributed by atoms with Gasteiger partial charge >= 0.3 is 0 Å². The lowest BCUT2D eigenvalue weighted by atomic mass is 9.89. The molecule has 2 aromatic rings. The molecule has 7 heteroatoms. The smallest absolute Gasteiger partial charge is 0.251 e. The van der Waals surface area contributed by atoms with Gasteiger partial charge in [-0.25, -0.2) is 0 Å². The van der Waals surface area contributed by atoms with Crippen molar-refractivity contribution < 1.29 is 9.59 Å². The summed E-state index contributed by atoms with van der Waals surface area (Å²) in [5, 5.41) is 6.61. The Kier molecular flexibility index (Phi) is 6.80. The summed E-state index contributed by atoms with van der Waals surface area (Å²) in [7, 11) is 0. The first kappa shape index (κ1) is 20.5. The van der Waals surface area contributed by atoms with Crippen LogP contribution in [-0.4, -0.2) is 16.9 Å². The molecule has 1 aromatic heterocycles. The molecule has 3 rings (SSSR count). The zero-order valence-corrected chi connectivity index (χ0v) is 17.6. The third-order valence-corrected chi connectivity index (χ3v) is 6.55. The van der Waals surface area contributed by atoms with Crippen molar-refractivity contribution in [1.29, 1.82) is 0 Å². The van der Waals surface area contributed by atoms with Crippen LogP contribution in [0.4, 0.5) is 5.00 Å². The number of primary amides is 1. The van der Waals surface area contributed by atoms with E-state index in [1.807, 2.05) is 37.3 Å². The number of nitrogens with two attached hydrogens (primary N) is 1. The summed E-state index contributed by atoms with van der Waals surface area (Å²) in [5.74, 6) is -0.532. The van der Waals surface area contributed by atoms with Gasteiger partial charge in [0.1, 0.15) is 5.00 Å². The minimum atomic E-state index is -0.503. The highest BCUT2D eigenvalue weighted by atomic mass is 32.1. The van der Waals surface area contributed by atoms with Crippen molar-refractivity contribution in [2.45, 2.75) is 45.4 Å². The zero-order chi connectivity index (χ0) is 20.1. The number of carbonyl (C=O) groups excluding carboxylic acids is 2. The number of amides is 2. The number of anilines is 1. The Balaban J connectivity index is 1.73. The molecule has 4 N–H and O–H groups in total. The molecular weight excluding hydrogens is 390 g/mol. The minimum absolute atomic E-state index is 0.0165. The molecule has 1 saturated carbocycles. The lowest BCUT2D eigenvalue weighted by Gasteiger charge is -2.21. The predicted molar refractivity (Wildman–Crippen MR) is 118 cm³/mol. The molecule has 1 aromatic carbocycles. The third-order valence-electron chi connectivity index (χ3n) is 5.14. The minimum Gasteiger partial charge on any atom is -0.365 e. The average molecular weight is 416 g/mol. The quantitative estimate of drug-likeness (QED) is 0.641. The van der Waals surface area contributed by atoms with Crippen molar-refractivity contribution in [3.63, 3.8) is 0 Å². The highest BCUT2D eigenvalue weighted by Crippen LogP contribution is 2.34. The highest BCUT2D eigenvalue weighted by Gasteiger charge is 2.24. The van der Waals surface area contributed by atoms with Crippen molar-refractivity contribution in [2.24, 2.45) is 11.7 Å². The van der Waals surface area contributed by atoms with Crippen LogP contribution in [0.5, 0.6) is 0 Å². The van der Waals surface area contributed by atoms with E-state index in [2.05, 4.69) is 10.6 Å². The number of thiocarbonyl (C=S) groups is 1. The van der Waals surface area contributed by atoms with Gasteiger partial charge < -0.3 is 16.4 Å². The summed E-state index contributed by atoms with van der Waals surface area (Å²) in [5.41, 5.74) is 8.06. The van der Waals surface area contributed by atoms with Crippen LogP contribution in [0.25, 0.3) is 0 Å². The molecule has 0 spiro atoms. The number of nitrogens with one attached hydrogen (secondary N) is 2. The molecule has 2 amide bonds. The summed E-state index contributed by atoms with van der Waals surface area (Å²) >= 11 is 6.77. The number of rotatable bonds is 5. The molecule has 0 radical (unpaired) electrons. The van der Waals surface area contributed by atoms with Crippen LogP contribution in [0.2, 0.25) is 0 Å². The number of thiophene rings is 1. The Morgan fingerprint density at radius 3 is 2.50 bits per heavy atom. The number of carbonyl (C=O) groups is 2. The normalized spacial score (nSPS) is 14.5. The van der Waals surface area contributed by atoms with E-state index in [4.69, 9.17) is 18.0 Å². The Bertz CT molecular complexity index is 871. The fraction of sp³-hybridized carbons (Fsp3) is 0.381. The first-order valence-electron chi connectivity index (χ1n) is 9.53. The number of benzene rings is 1. The van der Waals surface area contributed by atoms with Gasteiger partial charge in [-0.1, -0.05) is 49.6 Å². The maximum Gasteiger partial charge on any atom is 0.251 e. The molecule has 28 heavy (non-hydrogen) atoms. The number of hydrogen-bond donors (Lipinski definition) is 3. The van der Waals surface area contributed by atoms with Crippen LogP contribution in [0.15, 0.2) is 30.3 Å². The SMILES string of the molecule is Cc1c(Cc2ccccc2)sc(NC(=S)NC(=O)C2CCCCC2)c1C(N)=O. The van der Waals surface area contributed by atoms with E-state index in [9.17, 15) is 9.59 Å². The fourth-order valence-corrected chi connectivity index (χ4v) is 5.12. The third kappa shape index (κ3) is 4.97. The summed E-state index contributed by atoms with van der Waals surface area (Å²) in [6, 6.07) is 10.0. The molecule has 5 nitrogen and oxygen atoms in total. The average Bonchev–Trinajstić information content (AvgIpc) is 2.98. The van der Waals surface area contributed by atoms with Gasteiger partial charge in [0.05, 0.1) is 5.56 Å². The van der Waals surface area contributed by atoms with E-state index in [-0.39, 0.29) is 16.9 Å². The molecular formula is C21H25N3O2S2. The van der Waals surface area contributed by atoms with Gasteiger partial charge in [0.25, 0.3) is 5.91 Å². The molecule has 0 unspecified atom stereocenters. The van der Waals surface area contributed by atoms with E-state index >= 15 is 0 Å². The number of hydrogen-bond acceptors (Lipinski definition) is 4. The molecule has 1 fully saturated rings. The van der Waals surface area contributed by atoms with Crippen molar-refractivity contribution in [1.82, 2.24) is 5.32 Å². The Hall–Kier alpha value is -2.25. The Morgan fingerprint density at radius 2 is 1.86 bits per heavy atom. The monoisotopic (exact) mass is 415 g/mol. The molecule has 0 saturated heterocycles. The standard InChI is InChI=1S/C21H25N3O2S2/c1-13-16(12-14-8-4-2-5-9-14)28-20(17(13)18(22)25)24-21(27)23-19(26)15-10-6-3-7-11-15/h2,4-5,8-9,15H,3,6-7,10-12H2,1H3,(H2,22,25)(H2,23,24,26,27). The van der Waals surface area contributed by atoms with E-state index < -0.39 is 5.91 Å². The molecule has 0 aliphatic heterocycles. The topological polar surface area (TPSA) is 84.2 Å². The molecule has 1 aliphatic rings. The lowest BCUT2D eigenvalue weighted by molar-refractivity contribution is -0.124. The second-order valence-electron chi connectivity index (χ2n) is 7.16. The predicted octanol–water partition coefficient (Wildman–Crippen LogP) is 4.14. The zero-order valence-electron chi connectivity index (χ0n) is 15.9. The summed E-state index contributed by atoms with van der Waals surface area (Å²) in [4.78, 5) is 25.5.